The minimum absolute atomic E-state index is 0.542. The highest BCUT2D eigenvalue weighted by atomic mass is 15.2. The van der Waals surface area contributed by atoms with Crippen LogP contribution in [0, 0.1) is 12.3 Å². The number of anilines is 1. The number of hydrogen-bond acceptors (Lipinski definition) is 3. The summed E-state index contributed by atoms with van der Waals surface area (Å²) in [5, 5.41) is 8.23. The normalized spacial score (nSPS) is 16.7. The SMILES string of the molecule is CN(C)C1CCN(C(=N)c2ccccc2N)C1.Cc1ccccc1. The van der Waals surface area contributed by atoms with Crippen molar-refractivity contribution in [3.8, 4) is 0 Å². The van der Waals surface area contributed by atoms with Crippen LogP contribution in [0.2, 0.25) is 0 Å². The number of rotatable bonds is 2. The molecule has 1 unspecified atom stereocenters. The number of likely N-dealkylation sites (tertiary alicyclic amines) is 1. The molecule has 2 aromatic rings. The number of hydrogen-bond donors (Lipinski definition) is 2. The molecular weight excluding hydrogens is 296 g/mol. The van der Waals surface area contributed by atoms with E-state index in [9.17, 15) is 0 Å². The van der Waals surface area contributed by atoms with Crippen LogP contribution in [0.4, 0.5) is 5.69 Å². The van der Waals surface area contributed by atoms with E-state index in [2.05, 4.69) is 43.0 Å². The van der Waals surface area contributed by atoms with E-state index in [1.807, 2.05) is 42.5 Å². The minimum atomic E-state index is 0.542. The van der Waals surface area contributed by atoms with Gasteiger partial charge in [0.2, 0.25) is 0 Å². The Morgan fingerprint density at radius 1 is 1.08 bits per heavy atom. The van der Waals surface area contributed by atoms with Crippen LogP contribution < -0.4 is 5.73 Å². The third-order valence-corrected chi connectivity index (χ3v) is 4.37. The van der Waals surface area contributed by atoms with Gasteiger partial charge < -0.3 is 15.5 Å². The van der Waals surface area contributed by atoms with E-state index in [1.165, 1.54) is 5.56 Å². The zero-order valence-electron chi connectivity index (χ0n) is 14.9. The number of nitrogens with two attached hydrogens (primary N) is 1. The maximum Gasteiger partial charge on any atom is 0.130 e. The van der Waals surface area contributed by atoms with Gasteiger partial charge in [0.15, 0.2) is 0 Å². The standard InChI is InChI=1S/C13H20N4.C7H8/c1-16(2)10-7-8-17(9-10)13(15)11-5-3-4-6-12(11)14;1-7-5-3-2-4-6-7/h3-6,10,15H,7-9,14H2,1-2H3;2-6H,1H3. The van der Waals surface area contributed by atoms with Crippen LogP contribution in [-0.2, 0) is 0 Å². The van der Waals surface area contributed by atoms with Crippen molar-refractivity contribution in [3.05, 3.63) is 65.7 Å². The molecule has 3 N–H and O–H groups in total. The summed E-state index contributed by atoms with van der Waals surface area (Å²) in [7, 11) is 4.18. The molecule has 1 atom stereocenters. The van der Waals surface area contributed by atoms with Gasteiger partial charge in [-0.05, 0) is 39.6 Å². The summed E-state index contributed by atoms with van der Waals surface area (Å²) in [6, 6.07) is 18.4. The molecule has 1 fully saturated rings. The van der Waals surface area contributed by atoms with Gasteiger partial charge >= 0.3 is 0 Å². The molecule has 0 aliphatic carbocycles. The molecule has 0 spiro atoms. The van der Waals surface area contributed by atoms with E-state index in [0.29, 0.717) is 17.6 Å². The Morgan fingerprint density at radius 2 is 1.71 bits per heavy atom. The first-order chi connectivity index (χ1) is 11.5. The average molecular weight is 324 g/mol. The lowest BCUT2D eigenvalue weighted by atomic mass is 10.1. The number of aryl methyl sites for hydroxylation is 1. The number of nitrogens with zero attached hydrogens (tertiary/aromatic N) is 2. The number of nitrogen functional groups attached to an aromatic ring is 1. The molecule has 1 saturated heterocycles. The highest BCUT2D eigenvalue weighted by molar-refractivity contribution is 6.01. The first-order valence-electron chi connectivity index (χ1n) is 8.35. The van der Waals surface area contributed by atoms with Crippen molar-refractivity contribution in [1.82, 2.24) is 9.80 Å². The smallest absolute Gasteiger partial charge is 0.130 e. The molecule has 3 rings (SSSR count). The van der Waals surface area contributed by atoms with Crippen LogP contribution in [0.1, 0.15) is 17.5 Å². The largest absolute Gasteiger partial charge is 0.398 e. The number of para-hydroxylation sites is 1. The Bertz CT molecular complexity index is 652. The average Bonchev–Trinajstić information content (AvgIpc) is 3.06. The summed E-state index contributed by atoms with van der Waals surface area (Å²) in [5.74, 6) is 0.549. The van der Waals surface area contributed by atoms with Gasteiger partial charge in [-0.2, -0.15) is 0 Å². The lowest BCUT2D eigenvalue weighted by Crippen LogP contribution is -2.34. The van der Waals surface area contributed by atoms with Gasteiger partial charge in [-0.15, -0.1) is 0 Å². The van der Waals surface area contributed by atoms with Gasteiger partial charge in [-0.1, -0.05) is 48.0 Å². The van der Waals surface area contributed by atoms with Crippen LogP contribution in [-0.4, -0.2) is 48.9 Å². The van der Waals surface area contributed by atoms with Crippen LogP contribution in [0.25, 0.3) is 0 Å². The molecule has 0 aromatic heterocycles. The molecular formula is C20H28N4. The quantitative estimate of drug-likeness (QED) is 0.506. The maximum absolute atomic E-state index is 8.23. The van der Waals surface area contributed by atoms with E-state index in [0.717, 1.165) is 25.1 Å². The second kappa shape index (κ2) is 8.50. The second-order valence-electron chi connectivity index (χ2n) is 6.44. The van der Waals surface area contributed by atoms with Crippen molar-refractivity contribution in [3.63, 3.8) is 0 Å². The molecule has 1 aliphatic heterocycles. The second-order valence-corrected chi connectivity index (χ2v) is 6.44. The summed E-state index contributed by atoms with van der Waals surface area (Å²) < 4.78 is 0. The molecule has 4 nitrogen and oxygen atoms in total. The molecule has 24 heavy (non-hydrogen) atoms. The molecule has 2 aromatic carbocycles. The number of benzene rings is 2. The van der Waals surface area contributed by atoms with Gasteiger partial charge in [-0.3, -0.25) is 5.41 Å². The van der Waals surface area contributed by atoms with Crippen molar-refractivity contribution in [2.24, 2.45) is 0 Å². The molecule has 128 valence electrons. The van der Waals surface area contributed by atoms with Gasteiger partial charge in [-0.25, -0.2) is 0 Å². The fourth-order valence-electron chi connectivity index (χ4n) is 2.78. The van der Waals surface area contributed by atoms with Crippen LogP contribution in [0.5, 0.6) is 0 Å². The van der Waals surface area contributed by atoms with E-state index < -0.39 is 0 Å². The lowest BCUT2D eigenvalue weighted by Gasteiger charge is -2.22. The maximum atomic E-state index is 8.23. The summed E-state index contributed by atoms with van der Waals surface area (Å²) in [6.45, 7) is 3.94. The van der Waals surface area contributed by atoms with Crippen LogP contribution in [0.15, 0.2) is 54.6 Å². The molecule has 1 heterocycles. The summed E-state index contributed by atoms with van der Waals surface area (Å²) in [5.41, 5.74) is 8.75. The number of nitrogens with one attached hydrogen (secondary N) is 1. The van der Waals surface area contributed by atoms with Crippen molar-refractivity contribution in [1.29, 1.82) is 5.41 Å². The monoisotopic (exact) mass is 324 g/mol. The molecule has 4 heteroatoms. The number of likely N-dealkylation sites (N-methyl/N-ethyl adjacent to an activating group) is 1. The summed E-state index contributed by atoms with van der Waals surface area (Å²) in [4.78, 5) is 4.33. The summed E-state index contributed by atoms with van der Waals surface area (Å²) in [6.07, 6.45) is 1.11. The Kier molecular flexibility index (Phi) is 6.38. The van der Waals surface area contributed by atoms with Gasteiger partial charge in [0.25, 0.3) is 0 Å². The third kappa shape index (κ3) is 4.83. The predicted molar refractivity (Wildman–Crippen MR) is 103 cm³/mol. The zero-order chi connectivity index (χ0) is 17.5. The number of amidine groups is 1. The Morgan fingerprint density at radius 3 is 2.21 bits per heavy atom. The Labute approximate surface area is 145 Å². The first-order valence-corrected chi connectivity index (χ1v) is 8.35. The molecule has 0 saturated carbocycles. The lowest BCUT2D eigenvalue weighted by molar-refractivity contribution is 0.301. The minimum Gasteiger partial charge on any atom is -0.398 e. The highest BCUT2D eigenvalue weighted by Gasteiger charge is 2.26. The third-order valence-electron chi connectivity index (χ3n) is 4.37. The van der Waals surface area contributed by atoms with Crippen molar-refractivity contribution >= 4 is 11.5 Å². The van der Waals surface area contributed by atoms with Crippen LogP contribution >= 0.6 is 0 Å². The molecule has 0 radical (unpaired) electrons. The van der Waals surface area contributed by atoms with Crippen molar-refractivity contribution in [2.75, 3.05) is 32.9 Å². The highest BCUT2D eigenvalue weighted by Crippen LogP contribution is 2.19. The first kappa shape index (κ1) is 18.0. The van der Waals surface area contributed by atoms with E-state index >= 15 is 0 Å². The van der Waals surface area contributed by atoms with Crippen molar-refractivity contribution < 1.29 is 0 Å². The fourth-order valence-corrected chi connectivity index (χ4v) is 2.78. The van der Waals surface area contributed by atoms with E-state index in [1.54, 1.807) is 0 Å². The fraction of sp³-hybridized carbons (Fsp3) is 0.350. The van der Waals surface area contributed by atoms with Gasteiger partial charge in [0.05, 0.1) is 0 Å². The molecule has 0 amide bonds. The van der Waals surface area contributed by atoms with Crippen LogP contribution in [0.3, 0.4) is 0 Å². The summed E-state index contributed by atoms with van der Waals surface area (Å²) >= 11 is 0. The van der Waals surface area contributed by atoms with Crippen molar-refractivity contribution in [2.45, 2.75) is 19.4 Å². The molecule has 0 bridgehead atoms. The molecule has 1 aliphatic rings. The topological polar surface area (TPSA) is 56.4 Å². The van der Waals surface area contributed by atoms with Gasteiger partial charge in [0.1, 0.15) is 5.84 Å². The van der Waals surface area contributed by atoms with E-state index in [4.69, 9.17) is 11.1 Å². The van der Waals surface area contributed by atoms with E-state index in [-0.39, 0.29) is 0 Å². The zero-order valence-corrected chi connectivity index (χ0v) is 14.9. The Balaban J connectivity index is 0.000000249. The predicted octanol–water partition coefficient (Wildman–Crippen LogP) is 3.23. The Hall–Kier alpha value is -2.33. The van der Waals surface area contributed by atoms with Gasteiger partial charge in [0, 0.05) is 30.4 Å².